The summed E-state index contributed by atoms with van der Waals surface area (Å²) in [5.74, 6) is -0.896. The lowest BCUT2D eigenvalue weighted by atomic mass is 10.1. The topological polar surface area (TPSA) is 55.8 Å². The molecule has 0 unspecified atom stereocenters. The molecule has 0 aromatic heterocycles. The van der Waals surface area contributed by atoms with E-state index >= 15 is 0 Å². The fourth-order valence-electron chi connectivity index (χ4n) is 1.90. The molecule has 100 valence electrons. The molecule has 5 heteroatoms. The Bertz CT molecular complexity index is 376. The summed E-state index contributed by atoms with van der Waals surface area (Å²) in [7, 11) is 1.35. The van der Waals surface area contributed by atoms with Gasteiger partial charge in [0.05, 0.1) is 5.56 Å². The Hall–Kier alpha value is -1.17. The molecule has 0 aliphatic heterocycles. The van der Waals surface area contributed by atoms with Crippen molar-refractivity contribution in [1.29, 1.82) is 0 Å². The van der Waals surface area contributed by atoms with Gasteiger partial charge in [0.2, 0.25) is 0 Å². The number of benzene rings is 1. The van der Waals surface area contributed by atoms with E-state index < -0.39 is 14.5 Å². The molecule has 0 radical (unpaired) electrons. The van der Waals surface area contributed by atoms with E-state index in [1.54, 1.807) is 26.4 Å². The van der Waals surface area contributed by atoms with Gasteiger partial charge >= 0.3 is 14.5 Å². The SMILES string of the molecule is CC[Si](CCc1ccc(C(=O)O)cc1)(OC)OC. The fraction of sp³-hybridized carbons (Fsp3) is 0.462. The van der Waals surface area contributed by atoms with E-state index in [-0.39, 0.29) is 0 Å². The van der Waals surface area contributed by atoms with E-state index in [1.165, 1.54) is 0 Å². The zero-order valence-electron chi connectivity index (χ0n) is 11.1. The molecule has 0 atom stereocenters. The summed E-state index contributed by atoms with van der Waals surface area (Å²) >= 11 is 0. The van der Waals surface area contributed by atoms with Gasteiger partial charge in [-0.2, -0.15) is 0 Å². The van der Waals surface area contributed by atoms with Crippen LogP contribution >= 0.6 is 0 Å². The van der Waals surface area contributed by atoms with Crippen molar-refractivity contribution in [2.45, 2.75) is 25.4 Å². The van der Waals surface area contributed by atoms with Gasteiger partial charge in [-0.25, -0.2) is 4.79 Å². The van der Waals surface area contributed by atoms with E-state index in [0.717, 1.165) is 24.1 Å². The zero-order valence-corrected chi connectivity index (χ0v) is 12.1. The second kappa shape index (κ2) is 6.68. The number of carboxylic acid groups (broad SMARTS) is 1. The summed E-state index contributed by atoms with van der Waals surface area (Å²) in [5.41, 5.74) is 1.43. The van der Waals surface area contributed by atoms with Crippen molar-refractivity contribution in [1.82, 2.24) is 0 Å². The van der Waals surface area contributed by atoms with E-state index in [4.69, 9.17) is 14.0 Å². The fourth-order valence-corrected chi connectivity index (χ4v) is 4.08. The van der Waals surface area contributed by atoms with Crippen molar-refractivity contribution in [2.24, 2.45) is 0 Å². The van der Waals surface area contributed by atoms with Gasteiger partial charge in [-0.1, -0.05) is 19.1 Å². The molecule has 0 aliphatic rings. The molecule has 1 aromatic carbocycles. The molecule has 18 heavy (non-hydrogen) atoms. The average molecular weight is 268 g/mol. The molecular formula is C13H20O4Si. The van der Waals surface area contributed by atoms with Crippen LogP contribution in [0.25, 0.3) is 0 Å². The molecule has 4 nitrogen and oxygen atoms in total. The molecule has 0 spiro atoms. The highest BCUT2D eigenvalue weighted by Gasteiger charge is 2.32. The Morgan fingerprint density at radius 3 is 2.17 bits per heavy atom. The molecule has 0 aliphatic carbocycles. The third-order valence-electron chi connectivity index (χ3n) is 3.28. The van der Waals surface area contributed by atoms with Crippen LogP contribution in [-0.2, 0) is 15.3 Å². The highest BCUT2D eigenvalue weighted by atomic mass is 28.4. The summed E-state index contributed by atoms with van der Waals surface area (Å²) in [5, 5.41) is 8.82. The number of rotatable bonds is 7. The minimum Gasteiger partial charge on any atom is -0.478 e. The Kier molecular flexibility index (Phi) is 5.52. The van der Waals surface area contributed by atoms with Crippen LogP contribution < -0.4 is 0 Å². The van der Waals surface area contributed by atoms with Crippen LogP contribution in [0.3, 0.4) is 0 Å². The summed E-state index contributed by atoms with van der Waals surface area (Å²) in [6, 6.07) is 8.75. The Morgan fingerprint density at radius 2 is 1.78 bits per heavy atom. The predicted molar refractivity (Wildman–Crippen MR) is 72.2 cm³/mol. The molecule has 1 rings (SSSR count). The first-order chi connectivity index (χ1) is 8.56. The first-order valence-electron chi connectivity index (χ1n) is 5.99. The van der Waals surface area contributed by atoms with Gasteiger partial charge in [0.1, 0.15) is 0 Å². The molecule has 0 fully saturated rings. The van der Waals surface area contributed by atoms with Crippen molar-refractivity contribution >= 4 is 14.5 Å². The van der Waals surface area contributed by atoms with Crippen LogP contribution in [-0.4, -0.2) is 33.9 Å². The van der Waals surface area contributed by atoms with Crippen molar-refractivity contribution < 1.29 is 18.8 Å². The summed E-state index contributed by atoms with van der Waals surface area (Å²) in [4.78, 5) is 10.7. The Labute approximate surface area is 109 Å². The van der Waals surface area contributed by atoms with E-state index in [2.05, 4.69) is 6.92 Å². The highest BCUT2D eigenvalue weighted by molar-refractivity contribution is 6.67. The van der Waals surface area contributed by atoms with Gasteiger partial charge in [-0.05, 0) is 36.2 Å². The van der Waals surface area contributed by atoms with Gasteiger partial charge < -0.3 is 14.0 Å². The number of aryl methyl sites for hydroxylation is 1. The van der Waals surface area contributed by atoms with Gasteiger partial charge in [0.15, 0.2) is 0 Å². The Morgan fingerprint density at radius 1 is 1.22 bits per heavy atom. The van der Waals surface area contributed by atoms with E-state index in [9.17, 15) is 4.79 Å². The van der Waals surface area contributed by atoms with Crippen LogP contribution in [0.4, 0.5) is 0 Å². The van der Waals surface area contributed by atoms with E-state index in [1.807, 2.05) is 12.1 Å². The first-order valence-corrected chi connectivity index (χ1v) is 8.22. The highest BCUT2D eigenvalue weighted by Crippen LogP contribution is 2.20. The van der Waals surface area contributed by atoms with Crippen LogP contribution in [0.2, 0.25) is 12.1 Å². The third kappa shape index (κ3) is 3.66. The smallest absolute Gasteiger partial charge is 0.337 e. The molecule has 0 saturated carbocycles. The summed E-state index contributed by atoms with van der Waals surface area (Å²) in [6.45, 7) is 2.08. The average Bonchev–Trinajstić information content (AvgIpc) is 2.41. The maximum absolute atomic E-state index is 10.7. The van der Waals surface area contributed by atoms with Gasteiger partial charge in [0, 0.05) is 14.2 Å². The van der Waals surface area contributed by atoms with Gasteiger partial charge in [-0.3, -0.25) is 0 Å². The van der Waals surface area contributed by atoms with Crippen molar-refractivity contribution in [3.05, 3.63) is 35.4 Å². The standard InChI is InChI=1S/C13H20O4Si/c1-4-18(16-2,17-3)10-9-11-5-7-12(8-6-11)13(14)15/h5-8H,4,9-10H2,1-3H3,(H,14,15). The lowest BCUT2D eigenvalue weighted by Gasteiger charge is -2.25. The molecule has 1 aromatic rings. The molecule has 0 bridgehead atoms. The molecule has 0 amide bonds. The number of carbonyl (C=O) groups is 1. The zero-order chi connectivity index (χ0) is 13.6. The molecular weight excluding hydrogens is 248 g/mol. The number of carboxylic acids is 1. The molecule has 0 heterocycles. The lowest BCUT2D eigenvalue weighted by molar-refractivity contribution is 0.0697. The van der Waals surface area contributed by atoms with Crippen LogP contribution in [0.5, 0.6) is 0 Å². The monoisotopic (exact) mass is 268 g/mol. The number of hydrogen-bond acceptors (Lipinski definition) is 3. The van der Waals surface area contributed by atoms with Crippen molar-refractivity contribution in [3.63, 3.8) is 0 Å². The van der Waals surface area contributed by atoms with Gasteiger partial charge in [-0.15, -0.1) is 0 Å². The predicted octanol–water partition coefficient (Wildman–Crippen LogP) is 2.68. The minimum absolute atomic E-state index is 0.316. The van der Waals surface area contributed by atoms with Crippen LogP contribution in [0.15, 0.2) is 24.3 Å². The van der Waals surface area contributed by atoms with Crippen molar-refractivity contribution in [2.75, 3.05) is 14.2 Å². The van der Waals surface area contributed by atoms with E-state index in [0.29, 0.717) is 5.56 Å². The molecule has 1 N–H and O–H groups in total. The quantitative estimate of drug-likeness (QED) is 0.772. The molecule has 0 saturated heterocycles. The maximum Gasteiger partial charge on any atom is 0.337 e. The number of aromatic carboxylic acids is 1. The van der Waals surface area contributed by atoms with Crippen molar-refractivity contribution in [3.8, 4) is 0 Å². The maximum atomic E-state index is 10.7. The van der Waals surface area contributed by atoms with Crippen LogP contribution in [0.1, 0.15) is 22.8 Å². The second-order valence-corrected chi connectivity index (χ2v) is 8.02. The largest absolute Gasteiger partial charge is 0.478 e. The lowest BCUT2D eigenvalue weighted by Crippen LogP contribution is -2.39. The second-order valence-electron chi connectivity index (χ2n) is 4.17. The minimum atomic E-state index is -2.05. The van der Waals surface area contributed by atoms with Gasteiger partial charge in [0.25, 0.3) is 0 Å². The first kappa shape index (κ1) is 14.9. The normalized spacial score (nSPS) is 11.5. The Balaban J connectivity index is 2.65. The summed E-state index contributed by atoms with van der Waals surface area (Å²) in [6.07, 6.45) is 0.849. The number of hydrogen-bond donors (Lipinski definition) is 1. The third-order valence-corrected chi connectivity index (χ3v) is 6.86. The summed E-state index contributed by atoms with van der Waals surface area (Å²) < 4.78 is 11.1. The van der Waals surface area contributed by atoms with Crippen LogP contribution in [0, 0.1) is 0 Å².